The number of carbonyl (C=O) groups is 2. The van der Waals surface area contributed by atoms with Crippen LogP contribution < -0.4 is 15.5 Å². The van der Waals surface area contributed by atoms with Crippen LogP contribution in [0.25, 0.3) is 0 Å². The molecule has 0 aliphatic heterocycles. The van der Waals surface area contributed by atoms with Crippen LogP contribution in [0, 0.1) is 0 Å². The van der Waals surface area contributed by atoms with Crippen LogP contribution in [0.15, 0.2) is 42.5 Å². The van der Waals surface area contributed by atoms with Crippen molar-refractivity contribution in [2.75, 3.05) is 32.1 Å². The van der Waals surface area contributed by atoms with Gasteiger partial charge in [0.2, 0.25) is 0 Å². The van der Waals surface area contributed by atoms with E-state index in [0.29, 0.717) is 29.2 Å². The fourth-order valence-corrected chi connectivity index (χ4v) is 2.63. The van der Waals surface area contributed by atoms with Crippen molar-refractivity contribution in [3.63, 3.8) is 0 Å². The minimum Gasteiger partial charge on any atom is -0.378 e. The zero-order valence-corrected chi connectivity index (χ0v) is 15.5. The predicted octanol–water partition coefficient (Wildman–Crippen LogP) is 3.22. The van der Waals surface area contributed by atoms with Crippen molar-refractivity contribution in [3.05, 3.63) is 63.6 Å². The summed E-state index contributed by atoms with van der Waals surface area (Å²) in [5.41, 5.74) is 1.93. The van der Waals surface area contributed by atoms with E-state index < -0.39 is 0 Å². The molecule has 0 radical (unpaired) electrons. The van der Waals surface area contributed by atoms with Crippen LogP contribution in [0.1, 0.15) is 20.7 Å². The van der Waals surface area contributed by atoms with E-state index in [0.717, 1.165) is 5.69 Å². The Balaban J connectivity index is 1.80. The molecular formula is C18H19Cl2N3O2. The summed E-state index contributed by atoms with van der Waals surface area (Å²) in [5, 5.41) is 6.21. The van der Waals surface area contributed by atoms with Gasteiger partial charge in [-0.1, -0.05) is 23.2 Å². The first-order chi connectivity index (χ1) is 11.9. The van der Waals surface area contributed by atoms with E-state index in [9.17, 15) is 9.59 Å². The van der Waals surface area contributed by atoms with Crippen molar-refractivity contribution in [2.24, 2.45) is 0 Å². The zero-order chi connectivity index (χ0) is 18.4. The Bertz CT molecular complexity index is 761. The Morgan fingerprint density at radius 2 is 1.52 bits per heavy atom. The number of nitrogens with zero attached hydrogens (tertiary/aromatic N) is 1. The molecule has 0 saturated carbocycles. The second-order valence-corrected chi connectivity index (χ2v) is 6.42. The maximum atomic E-state index is 12.1. The highest BCUT2D eigenvalue weighted by Gasteiger charge is 2.10. The molecule has 2 aromatic carbocycles. The smallest absolute Gasteiger partial charge is 0.252 e. The van der Waals surface area contributed by atoms with E-state index in [1.165, 1.54) is 6.07 Å². The number of hydrogen-bond donors (Lipinski definition) is 2. The number of hydrogen-bond acceptors (Lipinski definition) is 3. The van der Waals surface area contributed by atoms with Gasteiger partial charge in [-0.15, -0.1) is 0 Å². The van der Waals surface area contributed by atoms with E-state index in [1.807, 2.05) is 31.1 Å². The molecule has 2 N–H and O–H groups in total. The van der Waals surface area contributed by atoms with Gasteiger partial charge in [0.15, 0.2) is 0 Å². The quantitative estimate of drug-likeness (QED) is 0.757. The predicted molar refractivity (Wildman–Crippen MR) is 102 cm³/mol. The van der Waals surface area contributed by atoms with E-state index in [2.05, 4.69) is 10.6 Å². The Kier molecular flexibility index (Phi) is 6.67. The van der Waals surface area contributed by atoms with E-state index >= 15 is 0 Å². The highest BCUT2D eigenvalue weighted by molar-refractivity contribution is 6.36. The SMILES string of the molecule is CN(C)c1ccc(C(=O)NCCNC(=O)c2ccc(Cl)cc2Cl)cc1. The molecule has 5 nitrogen and oxygen atoms in total. The Morgan fingerprint density at radius 1 is 0.920 bits per heavy atom. The average molecular weight is 380 g/mol. The summed E-state index contributed by atoms with van der Waals surface area (Å²) in [6, 6.07) is 11.9. The summed E-state index contributed by atoms with van der Waals surface area (Å²) >= 11 is 11.8. The van der Waals surface area contributed by atoms with Gasteiger partial charge in [0.05, 0.1) is 10.6 Å². The van der Waals surface area contributed by atoms with Crippen LogP contribution >= 0.6 is 23.2 Å². The van der Waals surface area contributed by atoms with Gasteiger partial charge in [-0.2, -0.15) is 0 Å². The monoisotopic (exact) mass is 379 g/mol. The molecule has 0 heterocycles. The number of benzene rings is 2. The second kappa shape index (κ2) is 8.74. The number of carbonyl (C=O) groups excluding carboxylic acids is 2. The first-order valence-corrected chi connectivity index (χ1v) is 8.43. The lowest BCUT2D eigenvalue weighted by molar-refractivity contribution is 0.0927. The summed E-state index contributed by atoms with van der Waals surface area (Å²) < 4.78 is 0. The first kappa shape index (κ1) is 19.1. The van der Waals surface area contributed by atoms with Crippen molar-refractivity contribution >= 4 is 40.7 Å². The number of rotatable bonds is 6. The van der Waals surface area contributed by atoms with E-state index in [1.54, 1.807) is 24.3 Å². The van der Waals surface area contributed by atoms with Gasteiger partial charge in [0, 0.05) is 43.5 Å². The third kappa shape index (κ3) is 5.37. The number of halogens is 2. The highest BCUT2D eigenvalue weighted by atomic mass is 35.5. The maximum absolute atomic E-state index is 12.1. The Hall–Kier alpha value is -2.24. The molecule has 0 spiro atoms. The van der Waals surface area contributed by atoms with Gasteiger partial charge < -0.3 is 15.5 Å². The zero-order valence-electron chi connectivity index (χ0n) is 14.0. The lowest BCUT2D eigenvalue weighted by atomic mass is 10.2. The molecular weight excluding hydrogens is 361 g/mol. The minimum atomic E-state index is -0.314. The second-order valence-electron chi connectivity index (χ2n) is 5.58. The maximum Gasteiger partial charge on any atom is 0.252 e. The molecule has 25 heavy (non-hydrogen) atoms. The van der Waals surface area contributed by atoms with Crippen molar-refractivity contribution in [2.45, 2.75) is 0 Å². The molecule has 0 fully saturated rings. The van der Waals surface area contributed by atoms with Gasteiger partial charge in [-0.05, 0) is 42.5 Å². The molecule has 0 aliphatic carbocycles. The average Bonchev–Trinajstić information content (AvgIpc) is 2.58. The van der Waals surface area contributed by atoms with Crippen LogP contribution in [0.3, 0.4) is 0 Å². The minimum absolute atomic E-state index is 0.191. The first-order valence-electron chi connectivity index (χ1n) is 7.67. The lowest BCUT2D eigenvalue weighted by Crippen LogP contribution is -2.34. The number of anilines is 1. The molecule has 0 aromatic heterocycles. The topological polar surface area (TPSA) is 61.4 Å². The van der Waals surface area contributed by atoms with Gasteiger partial charge in [-0.25, -0.2) is 0 Å². The summed E-state index contributed by atoms with van der Waals surface area (Å²) in [7, 11) is 3.87. The highest BCUT2D eigenvalue weighted by Crippen LogP contribution is 2.20. The van der Waals surface area contributed by atoms with Crippen LogP contribution in [-0.2, 0) is 0 Å². The summed E-state index contributed by atoms with van der Waals surface area (Å²) in [4.78, 5) is 26.1. The van der Waals surface area contributed by atoms with E-state index in [-0.39, 0.29) is 16.8 Å². The molecule has 132 valence electrons. The molecule has 7 heteroatoms. The van der Waals surface area contributed by atoms with Crippen molar-refractivity contribution in [3.8, 4) is 0 Å². The molecule has 2 rings (SSSR count). The molecule has 0 aliphatic rings. The molecule has 0 bridgehead atoms. The molecule has 2 aromatic rings. The lowest BCUT2D eigenvalue weighted by Gasteiger charge is -2.12. The number of nitrogens with one attached hydrogen (secondary N) is 2. The van der Waals surface area contributed by atoms with Crippen LogP contribution in [0.4, 0.5) is 5.69 Å². The fourth-order valence-electron chi connectivity index (χ4n) is 2.13. The van der Waals surface area contributed by atoms with Crippen molar-refractivity contribution < 1.29 is 9.59 Å². The molecule has 2 amide bonds. The number of amides is 2. The van der Waals surface area contributed by atoms with Gasteiger partial charge >= 0.3 is 0 Å². The van der Waals surface area contributed by atoms with E-state index in [4.69, 9.17) is 23.2 Å². The summed E-state index contributed by atoms with van der Waals surface area (Å²) in [5.74, 6) is -0.504. The Morgan fingerprint density at radius 3 is 2.08 bits per heavy atom. The molecule has 0 saturated heterocycles. The molecule has 0 atom stereocenters. The molecule has 0 unspecified atom stereocenters. The van der Waals surface area contributed by atoms with Gasteiger partial charge in [0.1, 0.15) is 0 Å². The van der Waals surface area contributed by atoms with Gasteiger partial charge in [0.25, 0.3) is 11.8 Å². The standard InChI is InChI=1S/C18H19Cl2N3O2/c1-23(2)14-6-3-12(4-7-14)17(24)21-9-10-22-18(25)15-8-5-13(19)11-16(15)20/h3-8,11H,9-10H2,1-2H3,(H,21,24)(H,22,25). The largest absolute Gasteiger partial charge is 0.378 e. The van der Waals surface area contributed by atoms with Crippen molar-refractivity contribution in [1.82, 2.24) is 10.6 Å². The fraction of sp³-hybridized carbons (Fsp3) is 0.222. The van der Waals surface area contributed by atoms with Crippen LogP contribution in [0.5, 0.6) is 0 Å². The normalized spacial score (nSPS) is 10.2. The summed E-state index contributed by atoms with van der Waals surface area (Å²) in [6.45, 7) is 0.602. The van der Waals surface area contributed by atoms with Crippen LogP contribution in [0.2, 0.25) is 10.0 Å². The van der Waals surface area contributed by atoms with Crippen LogP contribution in [-0.4, -0.2) is 39.0 Å². The summed E-state index contributed by atoms with van der Waals surface area (Å²) in [6.07, 6.45) is 0. The van der Waals surface area contributed by atoms with Crippen molar-refractivity contribution in [1.29, 1.82) is 0 Å². The Labute approximate surface area is 156 Å². The third-order valence-electron chi connectivity index (χ3n) is 3.52. The van der Waals surface area contributed by atoms with Gasteiger partial charge in [-0.3, -0.25) is 9.59 Å². The third-order valence-corrected chi connectivity index (χ3v) is 4.07.